The standard InChI is InChI=1S/3Cr.2Gd.12O/q;;;2*+3;;;;;;;6*-1. The van der Waals surface area contributed by atoms with Gasteiger partial charge in [-0.1, -0.05) is 0 Å². The molecule has 0 aromatic rings. The van der Waals surface area contributed by atoms with E-state index >= 15 is 0 Å². The Labute approximate surface area is 165 Å². The van der Waals surface area contributed by atoms with Crippen LogP contribution in [0.3, 0.4) is 0 Å². The van der Waals surface area contributed by atoms with Crippen molar-refractivity contribution in [3.8, 4) is 0 Å². The third kappa shape index (κ3) is 674. The van der Waals surface area contributed by atoms with Gasteiger partial charge in [-0.3, -0.25) is 0 Å². The van der Waals surface area contributed by atoms with Gasteiger partial charge in [0.1, 0.15) is 0 Å². The summed E-state index contributed by atoms with van der Waals surface area (Å²) in [6.45, 7) is 0. The minimum atomic E-state index is -5.75. The van der Waals surface area contributed by atoms with Gasteiger partial charge in [-0.05, 0) is 0 Å². The Balaban J connectivity index is -0.0000000400. The van der Waals surface area contributed by atoms with Crippen LogP contribution in [0, 0.1) is 79.9 Å². The third-order valence-electron chi connectivity index (χ3n) is 0. The van der Waals surface area contributed by atoms with E-state index in [0.29, 0.717) is 0 Å². The summed E-state index contributed by atoms with van der Waals surface area (Å²) in [5.41, 5.74) is 0. The van der Waals surface area contributed by atoms with Crippen molar-refractivity contribution in [2.24, 2.45) is 0 Å². The van der Waals surface area contributed by atoms with Crippen LogP contribution in [0.4, 0.5) is 0 Å². The predicted octanol–water partition coefficient (Wildman–Crippen LogP) is -7.85. The summed E-state index contributed by atoms with van der Waals surface area (Å²) in [5.74, 6) is 0. The second-order valence-electron chi connectivity index (χ2n) is 1.22. The summed E-state index contributed by atoms with van der Waals surface area (Å²) in [7, 11) is 0. The molecule has 0 fully saturated rings. The molecule has 0 saturated carbocycles. The van der Waals surface area contributed by atoms with Gasteiger partial charge in [-0.2, -0.15) is 0 Å². The summed E-state index contributed by atoms with van der Waals surface area (Å²) in [6, 6.07) is 0. The average Bonchev–Trinajstić information content (AvgIpc) is 1.41. The third-order valence-corrected chi connectivity index (χ3v) is 0. The fraction of sp³-hybridized carbons (Fsp3) is 0. The maximum absolute atomic E-state index is 8.59. The van der Waals surface area contributed by atoms with Crippen LogP contribution in [-0.2, 0) is 63.7 Å². The SMILES string of the molecule is [Gd+3].[Gd+3].[O]=[Cr](=[O])([O-])[O-].[O]=[Cr](=[O])([O-])[O-].[O]=[Cr](=[O])([O-])[O-]. The van der Waals surface area contributed by atoms with E-state index in [4.69, 9.17) is 47.8 Å². The normalized spacial score (nSPS) is 10.2. The van der Waals surface area contributed by atoms with Gasteiger partial charge in [0.15, 0.2) is 0 Å². The van der Waals surface area contributed by atoms with Crippen LogP contribution in [0.2, 0.25) is 0 Å². The van der Waals surface area contributed by atoms with E-state index < -0.39 is 40.8 Å². The van der Waals surface area contributed by atoms with E-state index in [1.807, 2.05) is 0 Å². The molecule has 0 N–H and O–H groups in total. The van der Waals surface area contributed by atoms with E-state index in [0.717, 1.165) is 0 Å². The first kappa shape index (κ1) is 32.0. The van der Waals surface area contributed by atoms with Gasteiger partial charge >= 0.3 is 168 Å². The molecule has 0 heterocycles. The fourth-order valence-electron chi connectivity index (χ4n) is 0. The molecule has 17 heavy (non-hydrogen) atoms. The molecule has 106 valence electrons. The first-order valence-corrected chi connectivity index (χ1v) is 8.25. The Morgan fingerprint density at radius 3 is 0.412 bits per heavy atom. The molecule has 2 radical (unpaired) electrons. The molecule has 0 unspecified atom stereocenters. The zero-order chi connectivity index (χ0) is 13.5. The molecule has 0 aliphatic carbocycles. The molecule has 0 aliphatic heterocycles. The van der Waals surface area contributed by atoms with Gasteiger partial charge in [-0.25, -0.2) is 0 Å². The predicted molar refractivity (Wildman–Crippen MR) is 4.12 cm³/mol. The first-order chi connectivity index (χ1) is 6.00. The molecule has 0 aromatic carbocycles. The van der Waals surface area contributed by atoms with Crippen LogP contribution in [0.25, 0.3) is 0 Å². The van der Waals surface area contributed by atoms with Crippen molar-refractivity contribution >= 4 is 0 Å². The van der Waals surface area contributed by atoms with Crippen molar-refractivity contribution in [1.82, 2.24) is 0 Å². The van der Waals surface area contributed by atoms with Crippen LogP contribution in [0.1, 0.15) is 0 Å². The Hall–Kier alpha value is 2.81. The van der Waals surface area contributed by atoms with Crippen molar-refractivity contribution in [1.29, 1.82) is 0 Å². The molecule has 0 atom stereocenters. The summed E-state index contributed by atoms with van der Waals surface area (Å²) in [5, 5.41) is 0. The number of hydrogen-bond donors (Lipinski definition) is 0. The molecule has 0 spiro atoms. The first-order valence-electron chi connectivity index (χ1n) is 2.00. The molecular weight excluding hydrogens is 662 g/mol. The van der Waals surface area contributed by atoms with Crippen LogP contribution in [-0.4, -0.2) is 0 Å². The molecular formula is Cr3Gd2O12. The van der Waals surface area contributed by atoms with Crippen molar-refractivity contribution in [2.45, 2.75) is 0 Å². The van der Waals surface area contributed by atoms with E-state index in [-0.39, 0.29) is 79.9 Å². The molecule has 0 amide bonds. The van der Waals surface area contributed by atoms with Crippen LogP contribution in [0.5, 0.6) is 0 Å². The molecule has 17 heteroatoms. The topological polar surface area (TPSA) is 241 Å². The van der Waals surface area contributed by atoms with Crippen LogP contribution in [0.15, 0.2) is 0 Å². The monoisotopic (exact) mass is 664 g/mol. The fourth-order valence-corrected chi connectivity index (χ4v) is 0. The van der Waals surface area contributed by atoms with Gasteiger partial charge in [0.05, 0.1) is 0 Å². The second kappa shape index (κ2) is 13.8. The molecule has 0 aromatic heterocycles. The summed E-state index contributed by atoms with van der Waals surface area (Å²) in [6.07, 6.45) is 0. The van der Waals surface area contributed by atoms with E-state index in [2.05, 4.69) is 0 Å². The molecule has 0 bridgehead atoms. The maximum atomic E-state index is 8.59. The van der Waals surface area contributed by atoms with Gasteiger partial charge in [0.2, 0.25) is 0 Å². The minimum absolute atomic E-state index is 0. The quantitative estimate of drug-likeness (QED) is 0.235. The van der Waals surface area contributed by atoms with E-state index in [1.165, 1.54) is 0 Å². The van der Waals surface area contributed by atoms with Crippen molar-refractivity contribution in [2.75, 3.05) is 0 Å². The molecule has 0 saturated heterocycles. The van der Waals surface area contributed by atoms with E-state index in [1.54, 1.807) is 0 Å². The van der Waals surface area contributed by atoms with Gasteiger partial charge in [-0.15, -0.1) is 0 Å². The van der Waals surface area contributed by atoms with Crippen molar-refractivity contribution < 1.29 is 168 Å². The second-order valence-corrected chi connectivity index (χ2v) is 5.05. The zero-order valence-corrected chi connectivity index (χ0v) is 15.2. The molecule has 12 nitrogen and oxygen atoms in total. The summed E-state index contributed by atoms with van der Waals surface area (Å²) in [4.78, 5) is 0. The van der Waals surface area contributed by atoms with Gasteiger partial charge in [0.25, 0.3) is 0 Å². The van der Waals surface area contributed by atoms with Crippen molar-refractivity contribution in [3.05, 3.63) is 0 Å². The summed E-state index contributed by atoms with van der Waals surface area (Å²) < 4.78 is 103. The zero-order valence-electron chi connectivity index (χ0n) is 6.83. The Kier molecular flexibility index (Phi) is 25.9. The average molecular weight is 662 g/mol. The Morgan fingerprint density at radius 2 is 0.412 bits per heavy atom. The van der Waals surface area contributed by atoms with E-state index in [9.17, 15) is 0 Å². The van der Waals surface area contributed by atoms with Gasteiger partial charge < -0.3 is 0 Å². The van der Waals surface area contributed by atoms with Crippen LogP contribution >= 0.6 is 0 Å². The summed E-state index contributed by atoms with van der Waals surface area (Å²) >= 11 is -17.2. The number of rotatable bonds is 0. The number of hydrogen-bond acceptors (Lipinski definition) is 12. The van der Waals surface area contributed by atoms with Crippen LogP contribution < -0.4 is 24.9 Å². The van der Waals surface area contributed by atoms with Gasteiger partial charge in [0, 0.05) is 0 Å². The molecule has 0 rings (SSSR count). The molecule has 0 aliphatic rings. The Morgan fingerprint density at radius 1 is 0.412 bits per heavy atom. The van der Waals surface area contributed by atoms with Crippen molar-refractivity contribution in [3.63, 3.8) is 0 Å². The Bertz CT molecular complexity index is 341.